The molecule has 0 spiro atoms. The van der Waals surface area contributed by atoms with E-state index < -0.39 is 0 Å². The Morgan fingerprint density at radius 2 is 2.06 bits per heavy atom. The minimum absolute atomic E-state index is 0.0407. The molecular formula is C14H18N2O2. The average molecular weight is 246 g/mol. The molecule has 96 valence electrons. The summed E-state index contributed by atoms with van der Waals surface area (Å²) in [7, 11) is 0. The molecule has 0 amide bonds. The van der Waals surface area contributed by atoms with Gasteiger partial charge < -0.3 is 9.52 Å². The van der Waals surface area contributed by atoms with E-state index in [1.165, 1.54) is 0 Å². The highest BCUT2D eigenvalue weighted by Crippen LogP contribution is 2.24. The molecule has 18 heavy (non-hydrogen) atoms. The van der Waals surface area contributed by atoms with Crippen molar-refractivity contribution in [2.45, 2.75) is 26.7 Å². The second kappa shape index (κ2) is 5.31. The topological polar surface area (TPSA) is 59.2 Å². The van der Waals surface area contributed by atoms with Crippen LogP contribution in [0.5, 0.6) is 0 Å². The van der Waals surface area contributed by atoms with E-state index in [0.29, 0.717) is 11.7 Å². The van der Waals surface area contributed by atoms with Gasteiger partial charge in [-0.2, -0.15) is 0 Å². The van der Waals surface area contributed by atoms with E-state index in [2.05, 4.69) is 9.97 Å². The summed E-state index contributed by atoms with van der Waals surface area (Å²) in [6.07, 6.45) is 1.71. The number of furan rings is 1. The fourth-order valence-electron chi connectivity index (χ4n) is 1.85. The third-order valence-electron chi connectivity index (χ3n) is 3.00. The van der Waals surface area contributed by atoms with Gasteiger partial charge in [0.15, 0.2) is 5.76 Å². The van der Waals surface area contributed by atoms with Crippen molar-refractivity contribution in [1.29, 1.82) is 0 Å². The minimum Gasteiger partial charge on any atom is -0.460 e. The lowest BCUT2D eigenvalue weighted by atomic mass is 9.96. The highest BCUT2D eigenvalue weighted by molar-refractivity contribution is 5.51. The van der Waals surface area contributed by atoms with Crippen LogP contribution in [0, 0.1) is 12.8 Å². The van der Waals surface area contributed by atoms with Crippen molar-refractivity contribution in [2.24, 2.45) is 5.92 Å². The SMILES string of the molecule is Cc1ccc(-c2ccnc(C(CO)C(C)C)n2)o1. The highest BCUT2D eigenvalue weighted by Gasteiger charge is 2.18. The quantitative estimate of drug-likeness (QED) is 0.901. The van der Waals surface area contributed by atoms with Crippen LogP contribution in [0.15, 0.2) is 28.8 Å². The first-order valence-electron chi connectivity index (χ1n) is 6.12. The zero-order valence-electron chi connectivity index (χ0n) is 10.9. The Kier molecular flexibility index (Phi) is 3.77. The molecule has 0 aliphatic rings. The largest absolute Gasteiger partial charge is 0.460 e. The van der Waals surface area contributed by atoms with Gasteiger partial charge in [0.1, 0.15) is 17.3 Å². The Balaban J connectivity index is 2.35. The van der Waals surface area contributed by atoms with Gasteiger partial charge in [0, 0.05) is 12.1 Å². The Hall–Kier alpha value is -1.68. The minimum atomic E-state index is -0.0407. The van der Waals surface area contributed by atoms with E-state index >= 15 is 0 Å². The van der Waals surface area contributed by atoms with Crippen LogP contribution in [-0.2, 0) is 0 Å². The van der Waals surface area contributed by atoms with Crippen LogP contribution in [-0.4, -0.2) is 21.7 Å². The molecule has 0 saturated carbocycles. The molecule has 0 radical (unpaired) electrons. The molecule has 0 aromatic carbocycles. The van der Waals surface area contributed by atoms with Crippen molar-refractivity contribution in [3.8, 4) is 11.5 Å². The van der Waals surface area contributed by atoms with Crippen molar-refractivity contribution in [2.75, 3.05) is 6.61 Å². The maximum atomic E-state index is 9.41. The Morgan fingerprint density at radius 3 is 2.61 bits per heavy atom. The normalized spacial score (nSPS) is 12.9. The molecule has 4 heteroatoms. The first-order valence-corrected chi connectivity index (χ1v) is 6.12. The van der Waals surface area contributed by atoms with Gasteiger partial charge in [-0.25, -0.2) is 9.97 Å². The fourth-order valence-corrected chi connectivity index (χ4v) is 1.85. The summed E-state index contributed by atoms with van der Waals surface area (Å²) >= 11 is 0. The van der Waals surface area contributed by atoms with Gasteiger partial charge in [-0.05, 0) is 31.0 Å². The van der Waals surface area contributed by atoms with Gasteiger partial charge in [0.2, 0.25) is 0 Å². The molecular weight excluding hydrogens is 228 g/mol. The predicted octanol–water partition coefficient (Wildman–Crippen LogP) is 2.78. The Morgan fingerprint density at radius 1 is 1.28 bits per heavy atom. The van der Waals surface area contributed by atoms with Gasteiger partial charge >= 0.3 is 0 Å². The van der Waals surface area contributed by atoms with Crippen LogP contribution < -0.4 is 0 Å². The van der Waals surface area contributed by atoms with Gasteiger partial charge in [-0.15, -0.1) is 0 Å². The molecule has 1 N–H and O–H groups in total. The third-order valence-corrected chi connectivity index (χ3v) is 3.00. The first-order chi connectivity index (χ1) is 8.61. The molecule has 2 heterocycles. The molecule has 0 aliphatic carbocycles. The van der Waals surface area contributed by atoms with Crippen molar-refractivity contribution in [3.63, 3.8) is 0 Å². The molecule has 2 aromatic heterocycles. The third kappa shape index (κ3) is 2.59. The van der Waals surface area contributed by atoms with E-state index in [1.54, 1.807) is 6.20 Å². The number of hydrogen-bond acceptors (Lipinski definition) is 4. The number of aryl methyl sites for hydroxylation is 1. The average Bonchev–Trinajstić information content (AvgIpc) is 2.77. The standard InChI is InChI=1S/C14H18N2O2/c1-9(2)11(8-17)14-15-7-6-12(16-14)13-5-4-10(3)18-13/h4-7,9,11,17H,8H2,1-3H3. The number of hydrogen-bond donors (Lipinski definition) is 1. The van der Waals surface area contributed by atoms with E-state index in [1.807, 2.05) is 39.0 Å². The van der Waals surface area contributed by atoms with Gasteiger partial charge in [-0.1, -0.05) is 13.8 Å². The van der Waals surface area contributed by atoms with Crippen LogP contribution >= 0.6 is 0 Å². The lowest BCUT2D eigenvalue weighted by molar-refractivity contribution is 0.232. The van der Waals surface area contributed by atoms with Gasteiger partial charge in [0.25, 0.3) is 0 Å². The summed E-state index contributed by atoms with van der Waals surface area (Å²) in [5, 5.41) is 9.41. The Labute approximate surface area is 107 Å². The molecule has 0 fully saturated rings. The van der Waals surface area contributed by atoms with E-state index in [-0.39, 0.29) is 12.5 Å². The van der Waals surface area contributed by atoms with Gasteiger partial charge in [-0.3, -0.25) is 0 Å². The number of aliphatic hydroxyl groups excluding tert-OH is 1. The van der Waals surface area contributed by atoms with Crippen molar-refractivity contribution >= 4 is 0 Å². The molecule has 2 rings (SSSR count). The van der Waals surface area contributed by atoms with Crippen LogP contribution in [0.1, 0.15) is 31.4 Å². The van der Waals surface area contributed by atoms with E-state index in [0.717, 1.165) is 17.2 Å². The molecule has 0 bridgehead atoms. The predicted molar refractivity (Wildman–Crippen MR) is 69.1 cm³/mol. The number of aliphatic hydroxyl groups is 1. The molecule has 0 saturated heterocycles. The van der Waals surface area contributed by atoms with Crippen molar-refractivity contribution in [1.82, 2.24) is 9.97 Å². The van der Waals surface area contributed by atoms with Crippen molar-refractivity contribution < 1.29 is 9.52 Å². The summed E-state index contributed by atoms with van der Waals surface area (Å²) in [4.78, 5) is 8.74. The highest BCUT2D eigenvalue weighted by atomic mass is 16.3. The summed E-state index contributed by atoms with van der Waals surface area (Å²) < 4.78 is 5.55. The van der Waals surface area contributed by atoms with E-state index in [9.17, 15) is 5.11 Å². The smallest absolute Gasteiger partial charge is 0.152 e. The zero-order valence-corrected chi connectivity index (χ0v) is 10.9. The summed E-state index contributed by atoms with van der Waals surface area (Å²) in [6, 6.07) is 5.62. The molecule has 0 aliphatic heterocycles. The Bertz CT molecular complexity index is 520. The maximum Gasteiger partial charge on any atom is 0.152 e. The molecule has 1 atom stereocenters. The van der Waals surface area contributed by atoms with Crippen LogP contribution in [0.2, 0.25) is 0 Å². The van der Waals surface area contributed by atoms with Crippen molar-refractivity contribution in [3.05, 3.63) is 36.0 Å². The first kappa shape index (κ1) is 12.8. The summed E-state index contributed by atoms with van der Waals surface area (Å²) in [5.41, 5.74) is 0.757. The number of aromatic nitrogens is 2. The summed E-state index contributed by atoms with van der Waals surface area (Å²) in [5.74, 6) is 2.51. The maximum absolute atomic E-state index is 9.41. The van der Waals surface area contributed by atoms with Crippen LogP contribution in [0.25, 0.3) is 11.5 Å². The molecule has 4 nitrogen and oxygen atoms in total. The van der Waals surface area contributed by atoms with Crippen LogP contribution in [0.3, 0.4) is 0 Å². The lowest BCUT2D eigenvalue weighted by Crippen LogP contribution is -2.14. The van der Waals surface area contributed by atoms with Crippen LogP contribution in [0.4, 0.5) is 0 Å². The second-order valence-electron chi connectivity index (χ2n) is 4.74. The zero-order chi connectivity index (χ0) is 13.1. The number of rotatable bonds is 4. The summed E-state index contributed by atoms with van der Waals surface area (Å²) in [6.45, 7) is 6.05. The monoisotopic (exact) mass is 246 g/mol. The fraction of sp³-hybridized carbons (Fsp3) is 0.429. The van der Waals surface area contributed by atoms with Gasteiger partial charge in [0.05, 0.1) is 6.61 Å². The second-order valence-corrected chi connectivity index (χ2v) is 4.74. The number of nitrogens with zero attached hydrogens (tertiary/aromatic N) is 2. The molecule has 1 unspecified atom stereocenters. The van der Waals surface area contributed by atoms with E-state index in [4.69, 9.17) is 4.42 Å². The lowest BCUT2D eigenvalue weighted by Gasteiger charge is -2.16. The molecule has 2 aromatic rings.